The molecule has 2 amide bonds. The maximum Gasteiger partial charge on any atom is 0.241 e. The zero-order valence-electron chi connectivity index (χ0n) is 14.4. The Morgan fingerprint density at radius 1 is 1.22 bits per heavy atom. The van der Waals surface area contributed by atoms with Gasteiger partial charge in [0.25, 0.3) is 0 Å². The van der Waals surface area contributed by atoms with Crippen molar-refractivity contribution in [1.29, 1.82) is 0 Å². The van der Waals surface area contributed by atoms with Gasteiger partial charge in [0.15, 0.2) is 0 Å². The van der Waals surface area contributed by atoms with Gasteiger partial charge in [0.05, 0.1) is 19.1 Å². The quantitative estimate of drug-likeness (QED) is 0.771. The molecule has 2 atom stereocenters. The van der Waals surface area contributed by atoms with E-state index in [4.69, 9.17) is 10.5 Å². The summed E-state index contributed by atoms with van der Waals surface area (Å²) in [5.74, 6) is -0.701. The summed E-state index contributed by atoms with van der Waals surface area (Å²) in [5.41, 5.74) is 7.12. The zero-order valence-corrected chi connectivity index (χ0v) is 14.4. The lowest BCUT2D eigenvalue weighted by Crippen LogP contribution is -2.45. The third-order valence-electron chi connectivity index (χ3n) is 3.81. The number of carbonyl (C=O) groups excluding carboxylic acids is 2. The first-order valence-electron chi connectivity index (χ1n) is 7.66. The van der Waals surface area contributed by atoms with Crippen molar-refractivity contribution in [2.75, 3.05) is 40.9 Å². The van der Waals surface area contributed by atoms with Crippen molar-refractivity contribution in [1.82, 2.24) is 9.80 Å². The maximum atomic E-state index is 12.7. The number of rotatable bonds is 8. The molecule has 0 fully saturated rings. The average molecular weight is 321 g/mol. The maximum absolute atomic E-state index is 12.7. The predicted octanol–water partition coefficient (Wildman–Crippen LogP) is 0.886. The first-order valence-corrected chi connectivity index (χ1v) is 7.66. The molecule has 0 bridgehead atoms. The number of amides is 2. The van der Waals surface area contributed by atoms with Gasteiger partial charge in [0, 0.05) is 33.8 Å². The molecule has 0 radical (unpaired) electrons. The molecule has 1 aromatic carbocycles. The van der Waals surface area contributed by atoms with Crippen LogP contribution in [0.15, 0.2) is 30.3 Å². The SMILES string of the molecule is COCCN(CC(=O)N(C)C)C(=O)C(C)C(N)c1ccccc1. The van der Waals surface area contributed by atoms with Crippen molar-refractivity contribution in [3.05, 3.63) is 35.9 Å². The van der Waals surface area contributed by atoms with Crippen LogP contribution in [0.4, 0.5) is 0 Å². The van der Waals surface area contributed by atoms with Gasteiger partial charge in [-0.05, 0) is 5.56 Å². The van der Waals surface area contributed by atoms with Crippen LogP contribution in [0.3, 0.4) is 0 Å². The minimum Gasteiger partial charge on any atom is -0.383 e. The van der Waals surface area contributed by atoms with E-state index in [1.807, 2.05) is 30.3 Å². The Hall–Kier alpha value is -1.92. The van der Waals surface area contributed by atoms with E-state index in [0.29, 0.717) is 13.2 Å². The standard InChI is InChI=1S/C17H27N3O3/c1-13(16(18)14-8-6-5-7-9-14)17(22)20(10-11-23-4)12-15(21)19(2)3/h5-9,13,16H,10-12,18H2,1-4H3. The van der Waals surface area contributed by atoms with Gasteiger partial charge >= 0.3 is 0 Å². The first kappa shape index (κ1) is 19.1. The van der Waals surface area contributed by atoms with Gasteiger partial charge in [-0.2, -0.15) is 0 Å². The van der Waals surface area contributed by atoms with E-state index < -0.39 is 12.0 Å². The summed E-state index contributed by atoms with van der Waals surface area (Å²) in [5, 5.41) is 0. The van der Waals surface area contributed by atoms with Crippen LogP contribution in [-0.2, 0) is 14.3 Å². The highest BCUT2D eigenvalue weighted by Gasteiger charge is 2.28. The molecule has 23 heavy (non-hydrogen) atoms. The number of likely N-dealkylation sites (N-methyl/N-ethyl adjacent to an activating group) is 1. The molecule has 0 aliphatic rings. The van der Waals surface area contributed by atoms with Crippen LogP contribution in [0.2, 0.25) is 0 Å². The summed E-state index contributed by atoms with van der Waals surface area (Å²) < 4.78 is 5.04. The molecule has 0 saturated heterocycles. The lowest BCUT2D eigenvalue weighted by molar-refractivity contribution is -0.142. The molecule has 0 saturated carbocycles. The number of nitrogens with two attached hydrogens (primary N) is 1. The van der Waals surface area contributed by atoms with Gasteiger partial charge in [-0.15, -0.1) is 0 Å². The third kappa shape index (κ3) is 5.65. The number of nitrogens with zero attached hydrogens (tertiary/aromatic N) is 2. The van der Waals surface area contributed by atoms with E-state index in [0.717, 1.165) is 5.56 Å². The van der Waals surface area contributed by atoms with Crippen LogP contribution >= 0.6 is 0 Å². The second-order valence-corrected chi connectivity index (χ2v) is 5.77. The van der Waals surface area contributed by atoms with E-state index in [1.165, 1.54) is 9.80 Å². The van der Waals surface area contributed by atoms with Gasteiger partial charge in [0.1, 0.15) is 0 Å². The highest BCUT2D eigenvalue weighted by atomic mass is 16.5. The Bertz CT molecular complexity index is 505. The molecule has 2 unspecified atom stereocenters. The summed E-state index contributed by atoms with van der Waals surface area (Å²) in [6.45, 7) is 2.56. The largest absolute Gasteiger partial charge is 0.383 e. The van der Waals surface area contributed by atoms with Crippen molar-refractivity contribution in [3.8, 4) is 0 Å². The monoisotopic (exact) mass is 321 g/mol. The van der Waals surface area contributed by atoms with Crippen LogP contribution in [0.1, 0.15) is 18.5 Å². The van der Waals surface area contributed by atoms with Gasteiger partial charge in [0.2, 0.25) is 11.8 Å². The molecule has 0 heterocycles. The molecule has 0 aromatic heterocycles. The average Bonchev–Trinajstić information content (AvgIpc) is 2.57. The Morgan fingerprint density at radius 3 is 2.35 bits per heavy atom. The predicted molar refractivity (Wildman–Crippen MR) is 89.7 cm³/mol. The Morgan fingerprint density at radius 2 is 1.83 bits per heavy atom. The van der Waals surface area contributed by atoms with Gasteiger partial charge in [-0.1, -0.05) is 37.3 Å². The first-order chi connectivity index (χ1) is 10.9. The van der Waals surface area contributed by atoms with Crippen LogP contribution in [0.25, 0.3) is 0 Å². The smallest absolute Gasteiger partial charge is 0.241 e. The van der Waals surface area contributed by atoms with E-state index in [1.54, 1.807) is 28.1 Å². The molecule has 6 heteroatoms. The van der Waals surface area contributed by atoms with Gasteiger partial charge in [-0.25, -0.2) is 0 Å². The minimum atomic E-state index is -0.427. The molecule has 1 rings (SSSR count). The Labute approximate surface area is 138 Å². The second kappa shape index (κ2) is 9.27. The molecular weight excluding hydrogens is 294 g/mol. The molecule has 6 nitrogen and oxygen atoms in total. The van der Waals surface area contributed by atoms with Gasteiger partial charge < -0.3 is 20.3 Å². The number of methoxy groups -OCH3 is 1. The molecule has 1 aromatic rings. The Balaban J connectivity index is 2.83. The van der Waals surface area contributed by atoms with E-state index >= 15 is 0 Å². The zero-order chi connectivity index (χ0) is 17.4. The second-order valence-electron chi connectivity index (χ2n) is 5.77. The number of benzene rings is 1. The van der Waals surface area contributed by atoms with Crippen molar-refractivity contribution < 1.29 is 14.3 Å². The minimum absolute atomic E-state index is 0.0288. The number of hydrogen-bond donors (Lipinski definition) is 1. The van der Waals surface area contributed by atoms with Crippen LogP contribution in [0, 0.1) is 5.92 Å². The van der Waals surface area contributed by atoms with E-state index in [9.17, 15) is 9.59 Å². The van der Waals surface area contributed by atoms with Crippen LogP contribution in [-0.4, -0.2) is 62.5 Å². The lowest BCUT2D eigenvalue weighted by Gasteiger charge is -2.29. The summed E-state index contributed by atoms with van der Waals surface area (Å²) in [6.07, 6.45) is 0. The van der Waals surface area contributed by atoms with Crippen LogP contribution in [0.5, 0.6) is 0 Å². The fourth-order valence-corrected chi connectivity index (χ4v) is 2.18. The fourth-order valence-electron chi connectivity index (χ4n) is 2.18. The molecule has 0 spiro atoms. The number of ether oxygens (including phenoxy) is 1. The molecule has 128 valence electrons. The molecule has 0 aliphatic carbocycles. The van der Waals surface area contributed by atoms with Gasteiger partial charge in [-0.3, -0.25) is 9.59 Å². The lowest BCUT2D eigenvalue weighted by atomic mass is 9.94. The topological polar surface area (TPSA) is 75.9 Å². The van der Waals surface area contributed by atoms with Crippen LogP contribution < -0.4 is 5.73 Å². The van der Waals surface area contributed by atoms with Crippen molar-refractivity contribution >= 4 is 11.8 Å². The number of carbonyl (C=O) groups is 2. The summed E-state index contributed by atoms with van der Waals surface area (Å²) in [7, 11) is 4.90. The van der Waals surface area contributed by atoms with Crippen molar-refractivity contribution in [3.63, 3.8) is 0 Å². The normalized spacial score (nSPS) is 13.3. The molecule has 2 N–H and O–H groups in total. The molecular formula is C17H27N3O3. The highest BCUT2D eigenvalue weighted by molar-refractivity contribution is 5.86. The highest BCUT2D eigenvalue weighted by Crippen LogP contribution is 2.21. The Kier molecular flexibility index (Phi) is 7.71. The number of hydrogen-bond acceptors (Lipinski definition) is 4. The van der Waals surface area contributed by atoms with E-state index in [2.05, 4.69) is 0 Å². The van der Waals surface area contributed by atoms with E-state index in [-0.39, 0.29) is 18.4 Å². The van der Waals surface area contributed by atoms with Crippen molar-refractivity contribution in [2.45, 2.75) is 13.0 Å². The summed E-state index contributed by atoms with van der Waals surface area (Å²) >= 11 is 0. The third-order valence-corrected chi connectivity index (χ3v) is 3.81. The summed E-state index contributed by atoms with van der Waals surface area (Å²) in [4.78, 5) is 27.7. The fraction of sp³-hybridized carbons (Fsp3) is 0.529. The summed E-state index contributed by atoms with van der Waals surface area (Å²) in [6, 6.07) is 9.08. The van der Waals surface area contributed by atoms with Crippen molar-refractivity contribution in [2.24, 2.45) is 11.7 Å². The molecule has 0 aliphatic heterocycles.